The normalized spacial score (nSPS) is 15.7. The van der Waals surface area contributed by atoms with E-state index in [2.05, 4.69) is 4.98 Å². The lowest BCUT2D eigenvalue weighted by atomic mass is 10.1. The van der Waals surface area contributed by atoms with Crippen LogP contribution in [-0.4, -0.2) is 68.5 Å². The maximum atomic E-state index is 12.6. The minimum absolute atomic E-state index is 0.00161. The van der Waals surface area contributed by atoms with Crippen molar-refractivity contribution >= 4 is 10.0 Å². The van der Waals surface area contributed by atoms with E-state index in [1.165, 1.54) is 4.31 Å². The molecule has 0 spiro atoms. The number of morpholine rings is 1. The minimum atomic E-state index is -3.35. The lowest BCUT2D eigenvalue weighted by molar-refractivity contribution is 0.0730. The quantitative estimate of drug-likeness (QED) is 0.707. The molecule has 1 aromatic heterocycles. The molecule has 8 nitrogen and oxygen atoms in total. The molecule has 1 aromatic carbocycles. The van der Waals surface area contributed by atoms with E-state index < -0.39 is 10.0 Å². The van der Waals surface area contributed by atoms with Crippen LogP contribution in [-0.2, 0) is 21.3 Å². The Kier molecular flexibility index (Phi) is 6.03. The van der Waals surface area contributed by atoms with E-state index in [0.717, 1.165) is 11.1 Å². The number of benzene rings is 1. The third-order valence-electron chi connectivity index (χ3n) is 4.53. The Labute approximate surface area is 159 Å². The van der Waals surface area contributed by atoms with Gasteiger partial charge in [-0.2, -0.15) is 4.31 Å². The average Bonchev–Trinajstić information content (AvgIpc) is 3.15. The molecule has 0 unspecified atom stereocenters. The first-order chi connectivity index (χ1) is 13.0. The second kappa shape index (κ2) is 8.28. The highest BCUT2D eigenvalue weighted by atomic mass is 32.2. The van der Waals surface area contributed by atoms with E-state index >= 15 is 0 Å². The van der Waals surface area contributed by atoms with Crippen molar-refractivity contribution in [2.24, 2.45) is 0 Å². The Morgan fingerprint density at radius 1 is 1.19 bits per heavy atom. The number of hydrogen-bond acceptors (Lipinski definition) is 6. The molecule has 1 fully saturated rings. The van der Waals surface area contributed by atoms with Gasteiger partial charge in [-0.3, -0.25) is 0 Å². The van der Waals surface area contributed by atoms with Gasteiger partial charge in [0, 0.05) is 32.0 Å². The van der Waals surface area contributed by atoms with E-state index in [9.17, 15) is 8.42 Å². The van der Waals surface area contributed by atoms with E-state index in [1.807, 2.05) is 23.6 Å². The fourth-order valence-corrected chi connectivity index (χ4v) is 4.56. The predicted octanol–water partition coefficient (Wildman–Crippen LogP) is 1.54. The first kappa shape index (κ1) is 19.7. The van der Waals surface area contributed by atoms with Crippen molar-refractivity contribution < 1.29 is 22.6 Å². The Hall–Kier alpha value is -2.10. The number of sulfonamides is 1. The van der Waals surface area contributed by atoms with Crippen LogP contribution in [0.25, 0.3) is 11.4 Å². The van der Waals surface area contributed by atoms with Gasteiger partial charge in [0.25, 0.3) is 0 Å². The zero-order valence-electron chi connectivity index (χ0n) is 15.8. The molecular formula is C18H25N3O5S. The van der Waals surface area contributed by atoms with E-state index in [1.54, 1.807) is 26.6 Å². The molecule has 0 radical (unpaired) electrons. The maximum absolute atomic E-state index is 12.6. The molecule has 3 rings (SSSR count). The molecule has 1 aliphatic heterocycles. The summed E-state index contributed by atoms with van der Waals surface area (Å²) in [6, 6.07) is 3.84. The number of methoxy groups -OCH3 is 2. The van der Waals surface area contributed by atoms with Gasteiger partial charge in [-0.15, -0.1) is 0 Å². The summed E-state index contributed by atoms with van der Waals surface area (Å²) >= 11 is 0. The third-order valence-corrected chi connectivity index (χ3v) is 6.38. The second-order valence-electron chi connectivity index (χ2n) is 6.32. The number of aryl methyl sites for hydroxylation is 2. The second-order valence-corrected chi connectivity index (χ2v) is 8.41. The summed E-state index contributed by atoms with van der Waals surface area (Å²) in [4.78, 5) is 4.42. The Bertz CT molecular complexity index is 888. The molecule has 0 saturated carbocycles. The summed E-state index contributed by atoms with van der Waals surface area (Å²) in [5.74, 6) is 1.84. The highest BCUT2D eigenvalue weighted by molar-refractivity contribution is 7.89. The number of rotatable bonds is 7. The molecule has 1 aliphatic rings. The van der Waals surface area contributed by atoms with Gasteiger partial charge in [0.1, 0.15) is 5.82 Å². The fraction of sp³-hybridized carbons (Fsp3) is 0.500. The van der Waals surface area contributed by atoms with Crippen LogP contribution >= 0.6 is 0 Å². The van der Waals surface area contributed by atoms with Gasteiger partial charge in [-0.05, 0) is 24.6 Å². The van der Waals surface area contributed by atoms with Crippen molar-refractivity contribution in [3.63, 3.8) is 0 Å². The van der Waals surface area contributed by atoms with Crippen LogP contribution in [0.2, 0.25) is 0 Å². The summed E-state index contributed by atoms with van der Waals surface area (Å²) in [5.41, 5.74) is 1.77. The smallest absolute Gasteiger partial charge is 0.216 e. The molecule has 148 valence electrons. The predicted molar refractivity (Wildman–Crippen MR) is 102 cm³/mol. The highest BCUT2D eigenvalue weighted by Crippen LogP contribution is 2.38. The van der Waals surface area contributed by atoms with Crippen LogP contribution in [0.4, 0.5) is 0 Å². The van der Waals surface area contributed by atoms with Crippen molar-refractivity contribution in [3.05, 3.63) is 30.1 Å². The topological polar surface area (TPSA) is 82.9 Å². The maximum Gasteiger partial charge on any atom is 0.216 e. The van der Waals surface area contributed by atoms with Crippen LogP contribution in [0, 0.1) is 6.92 Å². The SMILES string of the molecule is COc1cc(C)cc(-c2nccn2CCS(=O)(=O)N2CCOCC2)c1OC. The molecule has 27 heavy (non-hydrogen) atoms. The average molecular weight is 395 g/mol. The van der Waals surface area contributed by atoms with Gasteiger partial charge < -0.3 is 18.8 Å². The van der Waals surface area contributed by atoms with Crippen LogP contribution < -0.4 is 9.47 Å². The van der Waals surface area contributed by atoms with E-state index in [0.29, 0.717) is 50.2 Å². The number of aromatic nitrogens is 2. The van der Waals surface area contributed by atoms with Gasteiger partial charge >= 0.3 is 0 Å². The monoisotopic (exact) mass is 395 g/mol. The molecule has 2 heterocycles. The van der Waals surface area contributed by atoms with Crippen LogP contribution in [0.5, 0.6) is 11.5 Å². The number of ether oxygens (including phenoxy) is 3. The van der Waals surface area contributed by atoms with Gasteiger partial charge in [-0.25, -0.2) is 13.4 Å². The van der Waals surface area contributed by atoms with Crippen molar-refractivity contribution in [1.82, 2.24) is 13.9 Å². The minimum Gasteiger partial charge on any atom is -0.493 e. The summed E-state index contributed by atoms with van der Waals surface area (Å²) in [5, 5.41) is 0. The summed E-state index contributed by atoms with van der Waals surface area (Å²) in [7, 11) is -0.184. The number of imidazole rings is 1. The summed E-state index contributed by atoms with van der Waals surface area (Å²) < 4.78 is 44.7. The van der Waals surface area contributed by atoms with Crippen molar-refractivity contribution in [3.8, 4) is 22.9 Å². The lowest BCUT2D eigenvalue weighted by Gasteiger charge is -2.26. The summed E-state index contributed by atoms with van der Waals surface area (Å²) in [6.45, 7) is 3.95. The largest absolute Gasteiger partial charge is 0.493 e. The molecule has 0 bridgehead atoms. The van der Waals surface area contributed by atoms with Gasteiger partial charge in [0.15, 0.2) is 11.5 Å². The Morgan fingerprint density at radius 2 is 1.93 bits per heavy atom. The third kappa shape index (κ3) is 4.26. The van der Waals surface area contributed by atoms with Gasteiger partial charge in [-0.1, -0.05) is 0 Å². The molecule has 0 atom stereocenters. The van der Waals surface area contributed by atoms with Crippen LogP contribution in [0.15, 0.2) is 24.5 Å². The molecule has 9 heteroatoms. The van der Waals surface area contributed by atoms with Crippen molar-refractivity contribution in [1.29, 1.82) is 0 Å². The molecule has 0 N–H and O–H groups in total. The molecule has 2 aromatic rings. The fourth-order valence-electron chi connectivity index (χ4n) is 3.17. The Balaban J connectivity index is 1.86. The standard InChI is InChI=1S/C18H25N3O5S/c1-14-12-15(17(25-3)16(13-14)24-2)18-19-4-5-20(18)8-11-27(22,23)21-6-9-26-10-7-21/h4-5,12-13H,6-11H2,1-3H3. The highest BCUT2D eigenvalue weighted by Gasteiger charge is 2.25. The molecule has 0 aliphatic carbocycles. The van der Waals surface area contributed by atoms with Crippen molar-refractivity contribution in [2.75, 3.05) is 46.3 Å². The number of hydrogen-bond donors (Lipinski definition) is 0. The first-order valence-corrected chi connectivity index (χ1v) is 10.4. The summed E-state index contributed by atoms with van der Waals surface area (Å²) in [6.07, 6.45) is 3.43. The number of nitrogens with zero attached hydrogens (tertiary/aromatic N) is 3. The molecular weight excluding hydrogens is 370 g/mol. The van der Waals surface area contributed by atoms with Gasteiger partial charge in [0.2, 0.25) is 10.0 Å². The van der Waals surface area contributed by atoms with Crippen molar-refractivity contribution in [2.45, 2.75) is 13.5 Å². The van der Waals surface area contributed by atoms with Crippen LogP contribution in [0.1, 0.15) is 5.56 Å². The molecule has 1 saturated heterocycles. The Morgan fingerprint density at radius 3 is 2.59 bits per heavy atom. The zero-order valence-corrected chi connectivity index (χ0v) is 16.7. The van der Waals surface area contributed by atoms with Crippen LogP contribution in [0.3, 0.4) is 0 Å². The first-order valence-electron chi connectivity index (χ1n) is 8.76. The van der Waals surface area contributed by atoms with E-state index in [-0.39, 0.29) is 5.75 Å². The van der Waals surface area contributed by atoms with E-state index in [4.69, 9.17) is 14.2 Å². The van der Waals surface area contributed by atoms with Gasteiger partial charge in [0.05, 0.1) is 38.7 Å². The lowest BCUT2D eigenvalue weighted by Crippen LogP contribution is -2.42. The molecule has 0 amide bonds. The zero-order chi connectivity index (χ0) is 19.4.